The summed E-state index contributed by atoms with van der Waals surface area (Å²) in [5.41, 5.74) is 4.15. The van der Waals surface area contributed by atoms with Gasteiger partial charge in [0.2, 0.25) is 0 Å². The molecule has 0 bridgehead atoms. The van der Waals surface area contributed by atoms with Gasteiger partial charge in [-0.15, -0.1) is 11.3 Å². The van der Waals surface area contributed by atoms with Crippen LogP contribution in [0.25, 0.3) is 0 Å². The van der Waals surface area contributed by atoms with Crippen LogP contribution in [0.5, 0.6) is 0 Å². The Morgan fingerprint density at radius 3 is 3.00 bits per heavy atom. The molecule has 70 valence electrons. The Labute approximate surface area is 87.4 Å². The molecule has 0 amide bonds. The van der Waals surface area contributed by atoms with Crippen LogP contribution in [0.2, 0.25) is 0 Å². The second-order valence-electron chi connectivity index (χ2n) is 3.56. The molecule has 0 aliphatic carbocycles. The van der Waals surface area contributed by atoms with Crippen molar-refractivity contribution in [3.8, 4) is 0 Å². The molecule has 1 nitrogen and oxygen atoms in total. The monoisotopic (exact) mass is 201 g/mol. The van der Waals surface area contributed by atoms with Gasteiger partial charge in [-0.3, -0.25) is 0 Å². The summed E-state index contributed by atoms with van der Waals surface area (Å²) in [5.74, 6) is 0. The van der Waals surface area contributed by atoms with E-state index in [1.165, 1.54) is 21.7 Å². The highest BCUT2D eigenvalue weighted by Crippen LogP contribution is 2.28. The zero-order valence-corrected chi connectivity index (χ0v) is 8.60. The minimum absolute atomic E-state index is 0.968. The van der Waals surface area contributed by atoms with Gasteiger partial charge in [0, 0.05) is 23.5 Å². The van der Waals surface area contributed by atoms with E-state index in [0.29, 0.717) is 0 Å². The fraction of sp³-hybridized carbons (Fsp3) is 0.167. The van der Waals surface area contributed by atoms with Gasteiger partial charge in [-0.05, 0) is 28.6 Å². The molecule has 0 unspecified atom stereocenters. The zero-order valence-electron chi connectivity index (χ0n) is 7.79. The van der Waals surface area contributed by atoms with Crippen molar-refractivity contribution >= 4 is 17.0 Å². The summed E-state index contributed by atoms with van der Waals surface area (Å²) in [7, 11) is 0. The van der Waals surface area contributed by atoms with Crippen LogP contribution in [-0.2, 0) is 13.0 Å². The van der Waals surface area contributed by atoms with Crippen LogP contribution in [0.3, 0.4) is 0 Å². The third-order valence-electron chi connectivity index (χ3n) is 2.68. The summed E-state index contributed by atoms with van der Waals surface area (Å²) in [6.07, 6.45) is 1.08. The van der Waals surface area contributed by atoms with Gasteiger partial charge in [-0.1, -0.05) is 18.2 Å². The van der Waals surface area contributed by atoms with E-state index < -0.39 is 0 Å². The van der Waals surface area contributed by atoms with Crippen molar-refractivity contribution in [1.82, 2.24) is 0 Å². The molecule has 0 fully saturated rings. The van der Waals surface area contributed by atoms with Gasteiger partial charge < -0.3 is 5.32 Å². The fourth-order valence-electron chi connectivity index (χ4n) is 1.89. The van der Waals surface area contributed by atoms with E-state index >= 15 is 0 Å². The summed E-state index contributed by atoms with van der Waals surface area (Å²) >= 11 is 1.86. The quantitative estimate of drug-likeness (QED) is 0.690. The maximum absolute atomic E-state index is 3.47. The number of thiophene rings is 1. The Morgan fingerprint density at radius 2 is 2.00 bits per heavy atom. The molecule has 2 heterocycles. The predicted molar refractivity (Wildman–Crippen MR) is 60.9 cm³/mol. The van der Waals surface area contributed by atoms with E-state index in [1.54, 1.807) is 0 Å². The second-order valence-corrected chi connectivity index (χ2v) is 4.56. The maximum atomic E-state index is 3.47. The first-order valence-corrected chi connectivity index (χ1v) is 5.68. The number of hydrogen-bond donors (Lipinski definition) is 1. The molecule has 1 aliphatic heterocycles. The molecule has 3 rings (SSSR count). The second kappa shape index (κ2) is 3.14. The molecule has 14 heavy (non-hydrogen) atoms. The molecule has 2 aromatic rings. The minimum Gasteiger partial charge on any atom is -0.381 e. The van der Waals surface area contributed by atoms with Gasteiger partial charge in [0.25, 0.3) is 0 Å². The van der Waals surface area contributed by atoms with E-state index in [-0.39, 0.29) is 0 Å². The Bertz CT molecular complexity index is 459. The van der Waals surface area contributed by atoms with E-state index in [0.717, 1.165) is 13.0 Å². The van der Waals surface area contributed by atoms with Crippen molar-refractivity contribution in [1.29, 1.82) is 0 Å². The third-order valence-corrected chi connectivity index (χ3v) is 3.64. The van der Waals surface area contributed by atoms with Gasteiger partial charge in [-0.25, -0.2) is 0 Å². The third kappa shape index (κ3) is 1.23. The number of nitrogens with one attached hydrogen (secondary N) is 1. The summed E-state index contributed by atoms with van der Waals surface area (Å²) < 4.78 is 0. The van der Waals surface area contributed by atoms with E-state index in [1.807, 2.05) is 11.3 Å². The lowest BCUT2D eigenvalue weighted by Crippen LogP contribution is -1.97. The lowest BCUT2D eigenvalue weighted by molar-refractivity contribution is 1.16. The molecule has 1 N–H and O–H groups in total. The van der Waals surface area contributed by atoms with Crippen molar-refractivity contribution in [3.05, 3.63) is 51.7 Å². The molecule has 0 spiro atoms. The number of hydrogen-bond acceptors (Lipinski definition) is 2. The van der Waals surface area contributed by atoms with Crippen molar-refractivity contribution in [3.63, 3.8) is 0 Å². The zero-order chi connectivity index (χ0) is 9.38. The van der Waals surface area contributed by atoms with Crippen molar-refractivity contribution in [2.75, 3.05) is 5.32 Å². The first-order valence-electron chi connectivity index (χ1n) is 4.80. The number of para-hydroxylation sites is 1. The molecule has 0 radical (unpaired) electrons. The van der Waals surface area contributed by atoms with E-state index in [2.05, 4.69) is 41.0 Å². The molecular formula is C12H11NS. The minimum atomic E-state index is 0.968. The molecule has 0 atom stereocenters. The van der Waals surface area contributed by atoms with E-state index in [9.17, 15) is 0 Å². The fourth-order valence-corrected chi connectivity index (χ4v) is 2.82. The summed E-state index contributed by atoms with van der Waals surface area (Å²) in [5, 5.41) is 5.65. The summed E-state index contributed by atoms with van der Waals surface area (Å²) in [6, 6.07) is 10.8. The molecule has 1 aromatic heterocycles. The van der Waals surface area contributed by atoms with Gasteiger partial charge in [0.1, 0.15) is 0 Å². The van der Waals surface area contributed by atoms with Crippen LogP contribution < -0.4 is 5.32 Å². The van der Waals surface area contributed by atoms with Crippen LogP contribution in [0.4, 0.5) is 5.69 Å². The van der Waals surface area contributed by atoms with E-state index in [4.69, 9.17) is 0 Å². The van der Waals surface area contributed by atoms with Crippen LogP contribution in [0, 0.1) is 0 Å². The van der Waals surface area contributed by atoms with Crippen LogP contribution in [0.1, 0.15) is 16.0 Å². The maximum Gasteiger partial charge on any atom is 0.0412 e. The molecule has 0 saturated heterocycles. The van der Waals surface area contributed by atoms with Gasteiger partial charge in [0.05, 0.1) is 0 Å². The van der Waals surface area contributed by atoms with Crippen molar-refractivity contribution < 1.29 is 0 Å². The average Bonchev–Trinajstić information content (AvgIpc) is 2.58. The van der Waals surface area contributed by atoms with Gasteiger partial charge in [0.15, 0.2) is 0 Å². The lowest BCUT2D eigenvalue weighted by Gasteiger charge is -2.05. The number of fused-ring (bicyclic) bond motifs is 2. The Balaban J connectivity index is 2.10. The number of rotatable bonds is 0. The van der Waals surface area contributed by atoms with Crippen LogP contribution >= 0.6 is 11.3 Å². The largest absolute Gasteiger partial charge is 0.381 e. The summed E-state index contributed by atoms with van der Waals surface area (Å²) in [6.45, 7) is 0.968. The van der Waals surface area contributed by atoms with Gasteiger partial charge in [-0.2, -0.15) is 0 Å². The Kier molecular flexibility index (Phi) is 1.81. The topological polar surface area (TPSA) is 12.0 Å². The summed E-state index contributed by atoms with van der Waals surface area (Å²) in [4.78, 5) is 1.50. The number of anilines is 1. The first kappa shape index (κ1) is 8.06. The molecule has 0 saturated carbocycles. The highest BCUT2D eigenvalue weighted by atomic mass is 32.1. The average molecular weight is 201 g/mol. The predicted octanol–water partition coefficient (Wildman–Crippen LogP) is 3.26. The van der Waals surface area contributed by atoms with Crippen molar-refractivity contribution in [2.24, 2.45) is 0 Å². The highest BCUT2D eigenvalue weighted by molar-refractivity contribution is 7.10. The Hall–Kier alpha value is -1.28. The molecule has 2 heteroatoms. The van der Waals surface area contributed by atoms with Crippen LogP contribution in [-0.4, -0.2) is 0 Å². The number of benzene rings is 1. The Morgan fingerprint density at radius 1 is 1.07 bits per heavy atom. The normalized spacial score (nSPS) is 13.7. The van der Waals surface area contributed by atoms with Gasteiger partial charge >= 0.3 is 0 Å². The first-order chi connectivity index (χ1) is 6.93. The smallest absolute Gasteiger partial charge is 0.0412 e. The highest BCUT2D eigenvalue weighted by Gasteiger charge is 2.12. The van der Waals surface area contributed by atoms with Crippen LogP contribution in [0.15, 0.2) is 35.7 Å². The molecule has 1 aromatic carbocycles. The molecular weight excluding hydrogens is 190 g/mol. The molecule has 1 aliphatic rings. The standard InChI is InChI=1S/C12H11NS/c1-2-4-11-9(3-1)7-12-10(8-13-11)5-6-14-12/h1-6,13H,7-8H2. The lowest BCUT2D eigenvalue weighted by atomic mass is 10.1. The van der Waals surface area contributed by atoms with Crippen molar-refractivity contribution in [2.45, 2.75) is 13.0 Å². The SMILES string of the molecule is c1ccc2c(c1)Cc1sccc1CN2.